The summed E-state index contributed by atoms with van der Waals surface area (Å²) in [5.74, 6) is -2.89. The second kappa shape index (κ2) is 5.37. The highest BCUT2D eigenvalue weighted by molar-refractivity contribution is 5.75. The molecule has 0 amide bonds. The molecule has 1 atom stereocenters. The fourth-order valence-electron chi connectivity index (χ4n) is 0.616. The van der Waals surface area contributed by atoms with E-state index in [1.165, 1.54) is 6.92 Å². The third kappa shape index (κ3) is 5.19. The summed E-state index contributed by atoms with van der Waals surface area (Å²) in [4.78, 5) is 10.2. The maximum absolute atomic E-state index is 12.1. The minimum Gasteiger partial charge on any atom is -0.444 e. The quantitative estimate of drug-likeness (QED) is 0.569. The van der Waals surface area contributed by atoms with Crippen molar-refractivity contribution in [2.24, 2.45) is 0 Å². The second-order valence-corrected chi connectivity index (χ2v) is 2.59. The standard InChI is InChI=1S/C7H8F6O3/c1-2-15-3-4(6(8,9)10)16-5(14)7(11,12)13/h4H,2-3H2,1H3/t4-/m0/s1. The molecule has 0 N–H and O–H groups in total. The van der Waals surface area contributed by atoms with Gasteiger partial charge in [-0.25, -0.2) is 4.79 Å². The number of alkyl halides is 6. The zero-order chi connectivity index (χ0) is 13.0. The Balaban J connectivity index is 4.50. The lowest BCUT2D eigenvalue weighted by Crippen LogP contribution is -2.41. The smallest absolute Gasteiger partial charge is 0.444 e. The predicted molar refractivity (Wildman–Crippen MR) is 38.5 cm³/mol. The van der Waals surface area contributed by atoms with Crippen LogP contribution in [-0.4, -0.2) is 37.6 Å². The molecule has 0 rings (SSSR count). The van der Waals surface area contributed by atoms with Crippen LogP contribution in [0.5, 0.6) is 0 Å². The van der Waals surface area contributed by atoms with E-state index in [0.717, 1.165) is 0 Å². The van der Waals surface area contributed by atoms with Gasteiger partial charge in [0.1, 0.15) is 0 Å². The number of hydrogen-bond acceptors (Lipinski definition) is 3. The molecule has 0 aromatic heterocycles. The van der Waals surface area contributed by atoms with Crippen molar-refractivity contribution in [3.8, 4) is 0 Å². The molecule has 0 radical (unpaired) electrons. The van der Waals surface area contributed by atoms with Crippen LogP contribution in [-0.2, 0) is 14.3 Å². The van der Waals surface area contributed by atoms with E-state index in [2.05, 4.69) is 9.47 Å². The normalized spacial score (nSPS) is 14.7. The summed E-state index contributed by atoms with van der Waals surface area (Å²) in [6.45, 7) is 0.0387. The molecule has 0 fully saturated rings. The van der Waals surface area contributed by atoms with Crippen LogP contribution in [0.1, 0.15) is 6.92 Å². The molecule has 0 unspecified atom stereocenters. The molecule has 0 aliphatic rings. The van der Waals surface area contributed by atoms with E-state index < -0.39 is 31.0 Å². The molecule has 0 aromatic carbocycles. The maximum Gasteiger partial charge on any atom is 0.490 e. The summed E-state index contributed by atoms with van der Waals surface area (Å²) in [6, 6.07) is 0. The minimum absolute atomic E-state index is 0.143. The van der Waals surface area contributed by atoms with E-state index >= 15 is 0 Å². The first-order valence-electron chi connectivity index (χ1n) is 4.01. The van der Waals surface area contributed by atoms with E-state index in [0.29, 0.717) is 0 Å². The van der Waals surface area contributed by atoms with Crippen molar-refractivity contribution in [2.45, 2.75) is 25.4 Å². The second-order valence-electron chi connectivity index (χ2n) is 2.59. The molecule has 96 valence electrons. The van der Waals surface area contributed by atoms with Gasteiger partial charge in [0, 0.05) is 6.61 Å². The van der Waals surface area contributed by atoms with Crippen molar-refractivity contribution < 1.29 is 40.6 Å². The fourth-order valence-corrected chi connectivity index (χ4v) is 0.616. The Labute approximate surface area is 86.3 Å². The highest BCUT2D eigenvalue weighted by Gasteiger charge is 2.49. The van der Waals surface area contributed by atoms with Crippen LogP contribution < -0.4 is 0 Å². The van der Waals surface area contributed by atoms with Crippen molar-refractivity contribution in [3.63, 3.8) is 0 Å². The fraction of sp³-hybridized carbons (Fsp3) is 0.857. The number of carbonyl (C=O) groups excluding carboxylic acids is 1. The van der Waals surface area contributed by atoms with Crippen LogP contribution in [0.2, 0.25) is 0 Å². The Morgan fingerprint density at radius 2 is 1.69 bits per heavy atom. The van der Waals surface area contributed by atoms with Crippen molar-refractivity contribution >= 4 is 5.97 Å². The van der Waals surface area contributed by atoms with Gasteiger partial charge in [0.15, 0.2) is 0 Å². The lowest BCUT2D eigenvalue weighted by atomic mass is 10.3. The van der Waals surface area contributed by atoms with E-state index in [1.54, 1.807) is 0 Å². The SMILES string of the molecule is CCOC[C@H](OC(=O)C(F)(F)F)C(F)(F)F. The Morgan fingerprint density at radius 1 is 1.19 bits per heavy atom. The average Bonchev–Trinajstić information content (AvgIpc) is 2.08. The van der Waals surface area contributed by atoms with E-state index in [4.69, 9.17) is 0 Å². The average molecular weight is 254 g/mol. The van der Waals surface area contributed by atoms with Crippen LogP contribution >= 0.6 is 0 Å². The molecule has 0 aromatic rings. The van der Waals surface area contributed by atoms with Gasteiger partial charge < -0.3 is 9.47 Å². The molecule has 0 saturated heterocycles. The minimum atomic E-state index is -5.46. The molecule has 0 spiro atoms. The van der Waals surface area contributed by atoms with Crippen LogP contribution in [0.3, 0.4) is 0 Å². The highest BCUT2D eigenvalue weighted by atomic mass is 19.4. The summed E-state index contributed by atoms with van der Waals surface area (Å²) in [6.07, 6.45) is -13.5. The number of carbonyl (C=O) groups is 1. The van der Waals surface area contributed by atoms with Gasteiger partial charge in [-0.15, -0.1) is 0 Å². The number of esters is 1. The number of halogens is 6. The Morgan fingerprint density at radius 3 is 2.00 bits per heavy atom. The molecule has 0 bridgehead atoms. The third-order valence-electron chi connectivity index (χ3n) is 1.32. The lowest BCUT2D eigenvalue weighted by molar-refractivity contribution is -0.252. The molecule has 3 nitrogen and oxygen atoms in total. The van der Waals surface area contributed by atoms with Crippen LogP contribution in [0.15, 0.2) is 0 Å². The number of ether oxygens (including phenoxy) is 2. The maximum atomic E-state index is 12.1. The Kier molecular flexibility index (Phi) is 5.04. The first kappa shape index (κ1) is 15.0. The van der Waals surface area contributed by atoms with E-state index in [1.807, 2.05) is 0 Å². The number of rotatable bonds is 4. The molecule has 9 heteroatoms. The summed E-state index contributed by atoms with van der Waals surface area (Å²) in [7, 11) is 0. The molecule has 16 heavy (non-hydrogen) atoms. The van der Waals surface area contributed by atoms with Gasteiger partial charge in [0.05, 0.1) is 6.61 Å². The summed E-state index contributed by atoms with van der Waals surface area (Å²) >= 11 is 0. The topological polar surface area (TPSA) is 35.5 Å². The van der Waals surface area contributed by atoms with Crippen LogP contribution in [0.4, 0.5) is 26.3 Å². The van der Waals surface area contributed by atoms with E-state index in [9.17, 15) is 31.1 Å². The molecular formula is C7H8F6O3. The monoisotopic (exact) mass is 254 g/mol. The molecule has 0 saturated carbocycles. The summed E-state index contributed by atoms with van der Waals surface area (Å²) in [5, 5.41) is 0. The molecular weight excluding hydrogens is 246 g/mol. The van der Waals surface area contributed by atoms with Gasteiger partial charge in [0.2, 0.25) is 6.10 Å². The summed E-state index contributed by atoms with van der Waals surface area (Å²) in [5.41, 5.74) is 0. The van der Waals surface area contributed by atoms with Gasteiger partial charge in [-0.05, 0) is 6.92 Å². The van der Waals surface area contributed by atoms with Crippen LogP contribution in [0.25, 0.3) is 0 Å². The first-order chi connectivity index (χ1) is 7.09. The van der Waals surface area contributed by atoms with Crippen molar-refractivity contribution in [2.75, 3.05) is 13.2 Å². The first-order valence-corrected chi connectivity index (χ1v) is 4.01. The van der Waals surface area contributed by atoms with Crippen molar-refractivity contribution in [1.82, 2.24) is 0 Å². The van der Waals surface area contributed by atoms with Gasteiger partial charge in [0.25, 0.3) is 0 Å². The third-order valence-corrected chi connectivity index (χ3v) is 1.32. The largest absolute Gasteiger partial charge is 0.490 e. The Bertz CT molecular complexity index is 233. The molecule has 0 aliphatic heterocycles. The van der Waals surface area contributed by atoms with Gasteiger partial charge in [-0.2, -0.15) is 26.3 Å². The predicted octanol–water partition coefficient (Wildman–Crippen LogP) is 2.06. The number of hydrogen-bond donors (Lipinski definition) is 0. The highest BCUT2D eigenvalue weighted by Crippen LogP contribution is 2.26. The van der Waals surface area contributed by atoms with Gasteiger partial charge >= 0.3 is 18.3 Å². The lowest BCUT2D eigenvalue weighted by Gasteiger charge is -2.20. The molecule has 0 aliphatic carbocycles. The zero-order valence-corrected chi connectivity index (χ0v) is 7.98. The van der Waals surface area contributed by atoms with Crippen LogP contribution in [0, 0.1) is 0 Å². The summed E-state index contributed by atoms with van der Waals surface area (Å²) < 4.78 is 78.7. The Hall–Kier alpha value is -0.990. The zero-order valence-electron chi connectivity index (χ0n) is 7.98. The van der Waals surface area contributed by atoms with Gasteiger partial charge in [-0.1, -0.05) is 0 Å². The molecule has 0 heterocycles. The van der Waals surface area contributed by atoms with Crippen molar-refractivity contribution in [1.29, 1.82) is 0 Å². The van der Waals surface area contributed by atoms with Crippen molar-refractivity contribution in [3.05, 3.63) is 0 Å². The van der Waals surface area contributed by atoms with E-state index in [-0.39, 0.29) is 6.61 Å². The van der Waals surface area contributed by atoms with Gasteiger partial charge in [-0.3, -0.25) is 0 Å².